The van der Waals surface area contributed by atoms with Gasteiger partial charge in [-0.15, -0.1) is 0 Å². The van der Waals surface area contributed by atoms with Gasteiger partial charge in [-0.25, -0.2) is 4.98 Å². The molecule has 0 aromatic carbocycles. The van der Waals surface area contributed by atoms with Crippen LogP contribution in [0.2, 0.25) is 0 Å². The molecule has 8 heteroatoms. The van der Waals surface area contributed by atoms with Crippen LogP contribution in [0.1, 0.15) is 6.23 Å². The van der Waals surface area contributed by atoms with Gasteiger partial charge in [0.2, 0.25) is 0 Å². The maximum absolute atomic E-state index is 10.2. The predicted octanol–water partition coefficient (Wildman–Crippen LogP) is 0.771. The predicted molar refractivity (Wildman–Crippen MR) is 83.9 cm³/mol. The molecule has 1 aliphatic heterocycles. The Labute approximate surface area is 135 Å². The number of rotatable bonds is 3. The van der Waals surface area contributed by atoms with E-state index in [0.717, 1.165) is 16.8 Å². The first-order chi connectivity index (χ1) is 11.2. The zero-order valence-electron chi connectivity index (χ0n) is 12.0. The summed E-state index contributed by atoms with van der Waals surface area (Å²) in [7, 11) is 0. The molecule has 0 saturated carbocycles. The molecule has 0 aliphatic carbocycles. The Morgan fingerprint density at radius 1 is 1.22 bits per heavy atom. The molecule has 3 N–H and O–H groups in total. The summed E-state index contributed by atoms with van der Waals surface area (Å²) in [5, 5.41) is 33.3. The van der Waals surface area contributed by atoms with Crippen molar-refractivity contribution >= 4 is 22.4 Å². The molecular formula is C15H15N3O4S. The third-order valence-electron chi connectivity index (χ3n) is 4.08. The normalized spacial score (nSPS) is 27.8. The second-order valence-corrected chi connectivity index (χ2v) is 6.20. The van der Waals surface area contributed by atoms with Crippen LogP contribution >= 0.6 is 11.3 Å². The largest absolute Gasteiger partial charge is 0.394 e. The number of pyridine rings is 1. The maximum atomic E-state index is 10.2. The molecule has 4 atom stereocenters. The first kappa shape index (κ1) is 14.7. The van der Waals surface area contributed by atoms with E-state index in [9.17, 15) is 15.3 Å². The van der Waals surface area contributed by atoms with Gasteiger partial charge in [0.15, 0.2) is 6.23 Å². The first-order valence-corrected chi connectivity index (χ1v) is 8.11. The zero-order chi connectivity index (χ0) is 16.0. The Hall–Kier alpha value is -1.84. The van der Waals surface area contributed by atoms with Crippen molar-refractivity contribution in [3.63, 3.8) is 0 Å². The van der Waals surface area contributed by atoms with Crippen molar-refractivity contribution in [2.75, 3.05) is 6.61 Å². The highest BCUT2D eigenvalue weighted by Crippen LogP contribution is 2.34. The van der Waals surface area contributed by atoms with Gasteiger partial charge in [-0.3, -0.25) is 4.98 Å². The molecule has 7 nitrogen and oxygen atoms in total. The van der Waals surface area contributed by atoms with Crippen LogP contribution in [0.5, 0.6) is 0 Å². The van der Waals surface area contributed by atoms with Gasteiger partial charge in [0.05, 0.1) is 24.1 Å². The van der Waals surface area contributed by atoms with Crippen molar-refractivity contribution in [3.05, 3.63) is 35.4 Å². The number of imidazole rings is 1. The number of hydrogen-bond donors (Lipinski definition) is 3. The quantitative estimate of drug-likeness (QED) is 0.655. The van der Waals surface area contributed by atoms with E-state index in [1.807, 2.05) is 16.8 Å². The highest BCUT2D eigenvalue weighted by molar-refractivity contribution is 7.08. The van der Waals surface area contributed by atoms with Crippen molar-refractivity contribution in [2.24, 2.45) is 0 Å². The van der Waals surface area contributed by atoms with Crippen molar-refractivity contribution in [3.8, 4) is 11.3 Å². The molecule has 23 heavy (non-hydrogen) atoms. The lowest BCUT2D eigenvalue weighted by atomic mass is 10.1. The minimum Gasteiger partial charge on any atom is -0.394 e. The minimum atomic E-state index is -1.14. The molecule has 120 valence electrons. The van der Waals surface area contributed by atoms with Gasteiger partial charge in [0.1, 0.15) is 23.8 Å². The number of ether oxygens (including phenoxy) is 1. The maximum Gasteiger partial charge on any atom is 0.164 e. The Kier molecular flexibility index (Phi) is 3.63. The van der Waals surface area contributed by atoms with Gasteiger partial charge in [0.25, 0.3) is 0 Å². The van der Waals surface area contributed by atoms with Gasteiger partial charge in [-0.2, -0.15) is 11.3 Å². The van der Waals surface area contributed by atoms with Crippen molar-refractivity contribution < 1.29 is 20.1 Å². The molecular weight excluding hydrogens is 318 g/mol. The molecule has 0 radical (unpaired) electrons. The number of hydrogen-bond acceptors (Lipinski definition) is 7. The molecule has 0 unspecified atom stereocenters. The summed E-state index contributed by atoms with van der Waals surface area (Å²) < 4.78 is 7.24. The molecule has 0 bridgehead atoms. The number of aliphatic hydroxyl groups is 3. The Morgan fingerprint density at radius 3 is 2.78 bits per heavy atom. The van der Waals surface area contributed by atoms with Crippen LogP contribution in [0.4, 0.5) is 0 Å². The standard InChI is InChI=1S/C15H15N3O4S/c19-5-10-13(20)14(21)15(22-10)18-7-17-12-9(18)1-3-16-11(12)8-2-4-23-6-8/h1-4,6-7,10,13-15,19-21H,5H2/t10-,13-,14-,15-/m1/s1. The number of aromatic nitrogens is 3. The average Bonchev–Trinajstić information content (AvgIpc) is 3.28. The fourth-order valence-electron chi connectivity index (χ4n) is 2.88. The Balaban J connectivity index is 1.80. The number of aliphatic hydroxyl groups excluding tert-OH is 3. The second kappa shape index (κ2) is 5.66. The second-order valence-electron chi connectivity index (χ2n) is 5.42. The summed E-state index contributed by atoms with van der Waals surface area (Å²) in [5.74, 6) is 0. The van der Waals surface area contributed by atoms with Gasteiger partial charge < -0.3 is 24.6 Å². The van der Waals surface area contributed by atoms with Gasteiger partial charge in [0, 0.05) is 17.1 Å². The molecule has 1 saturated heterocycles. The summed E-state index contributed by atoms with van der Waals surface area (Å²) in [6.45, 7) is -0.358. The monoisotopic (exact) mass is 333 g/mol. The molecule has 3 aromatic rings. The van der Waals surface area contributed by atoms with E-state index in [4.69, 9.17) is 4.74 Å². The molecule has 3 aromatic heterocycles. The number of fused-ring (bicyclic) bond motifs is 1. The lowest BCUT2D eigenvalue weighted by molar-refractivity contribution is -0.0508. The third-order valence-corrected chi connectivity index (χ3v) is 4.76. The van der Waals surface area contributed by atoms with E-state index in [-0.39, 0.29) is 6.61 Å². The van der Waals surface area contributed by atoms with Crippen LogP contribution in [0.25, 0.3) is 22.3 Å². The summed E-state index contributed by atoms with van der Waals surface area (Å²) in [6, 6.07) is 3.75. The number of thiophene rings is 1. The lowest BCUT2D eigenvalue weighted by Gasteiger charge is -2.17. The van der Waals surface area contributed by atoms with E-state index in [0.29, 0.717) is 5.52 Å². The zero-order valence-corrected chi connectivity index (χ0v) is 12.8. The van der Waals surface area contributed by atoms with E-state index >= 15 is 0 Å². The Bertz CT molecular complexity index is 819. The van der Waals surface area contributed by atoms with Gasteiger partial charge in [-0.1, -0.05) is 0 Å². The topological polar surface area (TPSA) is 101 Å². The van der Waals surface area contributed by atoms with Crippen LogP contribution in [0.15, 0.2) is 35.4 Å². The molecule has 1 aliphatic rings. The highest BCUT2D eigenvalue weighted by atomic mass is 32.1. The van der Waals surface area contributed by atoms with Crippen LogP contribution in [-0.2, 0) is 4.74 Å². The SMILES string of the molecule is OC[C@H]1O[C@@H](n2cnc3c(-c4ccsc4)nccc32)[C@H](O)[C@@H]1O. The lowest BCUT2D eigenvalue weighted by Crippen LogP contribution is -2.33. The molecule has 1 fully saturated rings. The molecule has 0 spiro atoms. The van der Waals surface area contributed by atoms with E-state index < -0.39 is 24.5 Å². The average molecular weight is 333 g/mol. The Morgan fingerprint density at radius 2 is 2.09 bits per heavy atom. The summed E-state index contributed by atoms with van der Waals surface area (Å²) in [6.07, 6.45) is -0.657. The smallest absolute Gasteiger partial charge is 0.164 e. The van der Waals surface area contributed by atoms with E-state index in [1.54, 1.807) is 34.5 Å². The van der Waals surface area contributed by atoms with E-state index in [1.165, 1.54) is 0 Å². The van der Waals surface area contributed by atoms with Crippen molar-refractivity contribution in [2.45, 2.75) is 24.5 Å². The van der Waals surface area contributed by atoms with E-state index in [2.05, 4.69) is 9.97 Å². The third kappa shape index (κ3) is 2.27. The van der Waals surface area contributed by atoms with Gasteiger partial charge >= 0.3 is 0 Å². The van der Waals surface area contributed by atoms with Gasteiger partial charge in [-0.05, 0) is 17.5 Å². The first-order valence-electron chi connectivity index (χ1n) is 7.17. The van der Waals surface area contributed by atoms with Crippen LogP contribution < -0.4 is 0 Å². The fourth-order valence-corrected chi connectivity index (χ4v) is 3.53. The van der Waals surface area contributed by atoms with Crippen LogP contribution in [-0.4, -0.2) is 54.8 Å². The number of nitrogens with zero attached hydrogens (tertiary/aromatic N) is 3. The summed E-state index contributed by atoms with van der Waals surface area (Å²) in [5.41, 5.74) is 3.18. The highest BCUT2D eigenvalue weighted by Gasteiger charge is 2.43. The van der Waals surface area contributed by atoms with Crippen LogP contribution in [0.3, 0.4) is 0 Å². The summed E-state index contributed by atoms with van der Waals surface area (Å²) >= 11 is 1.58. The van der Waals surface area contributed by atoms with Crippen molar-refractivity contribution in [1.82, 2.24) is 14.5 Å². The summed E-state index contributed by atoms with van der Waals surface area (Å²) in [4.78, 5) is 8.79. The molecule has 4 rings (SSSR count). The minimum absolute atomic E-state index is 0.358. The van der Waals surface area contributed by atoms with Crippen LogP contribution in [0, 0.1) is 0 Å². The van der Waals surface area contributed by atoms with Crippen molar-refractivity contribution in [1.29, 1.82) is 0 Å². The fraction of sp³-hybridized carbons (Fsp3) is 0.333. The molecule has 4 heterocycles. The molecule has 0 amide bonds.